The van der Waals surface area contributed by atoms with Gasteiger partial charge in [0.15, 0.2) is 5.82 Å². The van der Waals surface area contributed by atoms with Crippen LogP contribution >= 0.6 is 11.8 Å². The minimum Gasteiger partial charge on any atom is -0.341 e. The third-order valence-electron chi connectivity index (χ3n) is 3.72. The van der Waals surface area contributed by atoms with Crippen LogP contribution in [-0.4, -0.2) is 24.8 Å². The van der Waals surface area contributed by atoms with Gasteiger partial charge in [-0.2, -0.15) is 0 Å². The summed E-state index contributed by atoms with van der Waals surface area (Å²) in [4.78, 5) is 7.86. The summed E-state index contributed by atoms with van der Waals surface area (Å²) in [5.41, 5.74) is 4.11. The fourth-order valence-electron chi connectivity index (χ4n) is 2.56. The van der Waals surface area contributed by atoms with Gasteiger partial charge >= 0.3 is 0 Å². The summed E-state index contributed by atoms with van der Waals surface area (Å²) in [6.45, 7) is 2.04. The van der Waals surface area contributed by atoms with E-state index in [0.29, 0.717) is 16.7 Å². The zero-order valence-electron chi connectivity index (χ0n) is 13.1. The van der Waals surface area contributed by atoms with Gasteiger partial charge in [-0.1, -0.05) is 47.7 Å². The van der Waals surface area contributed by atoms with Crippen molar-refractivity contribution in [1.82, 2.24) is 24.8 Å². The third-order valence-corrected chi connectivity index (χ3v) is 4.67. The van der Waals surface area contributed by atoms with Gasteiger partial charge in [-0.15, -0.1) is 10.2 Å². The summed E-state index contributed by atoms with van der Waals surface area (Å²) in [6, 6.07) is 16.0. The zero-order valence-corrected chi connectivity index (χ0v) is 13.9. The number of para-hydroxylation sites is 2. The van der Waals surface area contributed by atoms with Crippen molar-refractivity contribution < 1.29 is 0 Å². The first-order valence-corrected chi connectivity index (χ1v) is 8.53. The van der Waals surface area contributed by atoms with Crippen LogP contribution in [0.5, 0.6) is 0 Å². The first-order chi connectivity index (χ1) is 11.7. The summed E-state index contributed by atoms with van der Waals surface area (Å²) >= 11 is 1.51. The Balaban J connectivity index is 1.55. The molecule has 0 fully saturated rings. The highest BCUT2D eigenvalue weighted by Crippen LogP contribution is 2.24. The van der Waals surface area contributed by atoms with Gasteiger partial charge in [0.25, 0.3) is 0 Å². The Morgan fingerprint density at radius 1 is 1.12 bits per heavy atom. The van der Waals surface area contributed by atoms with Gasteiger partial charge in [0.2, 0.25) is 5.16 Å². The number of fused-ring (bicyclic) bond motifs is 1. The van der Waals surface area contributed by atoms with Gasteiger partial charge in [0, 0.05) is 5.56 Å². The topological polar surface area (TPSA) is 85.4 Å². The van der Waals surface area contributed by atoms with Crippen molar-refractivity contribution in [2.24, 2.45) is 0 Å². The van der Waals surface area contributed by atoms with E-state index >= 15 is 0 Å². The number of benzene rings is 2. The summed E-state index contributed by atoms with van der Waals surface area (Å²) in [5, 5.41) is 9.08. The van der Waals surface area contributed by atoms with E-state index in [9.17, 15) is 0 Å². The Hall–Kier alpha value is -2.80. The van der Waals surface area contributed by atoms with E-state index in [2.05, 4.69) is 20.2 Å². The van der Waals surface area contributed by atoms with E-state index in [1.807, 2.05) is 55.5 Å². The van der Waals surface area contributed by atoms with E-state index in [0.717, 1.165) is 28.0 Å². The highest BCUT2D eigenvalue weighted by molar-refractivity contribution is 7.98. The summed E-state index contributed by atoms with van der Waals surface area (Å²) in [6.07, 6.45) is 0. The average Bonchev–Trinajstić information content (AvgIpc) is 3.16. The number of imidazole rings is 1. The Morgan fingerprint density at radius 2 is 2.00 bits per heavy atom. The lowest BCUT2D eigenvalue weighted by atomic mass is 10.1. The number of thioether (sulfide) groups is 1. The molecule has 120 valence electrons. The Labute approximate surface area is 143 Å². The molecule has 0 saturated carbocycles. The molecule has 0 saturated heterocycles. The predicted molar refractivity (Wildman–Crippen MR) is 96.0 cm³/mol. The smallest absolute Gasteiger partial charge is 0.210 e. The summed E-state index contributed by atoms with van der Waals surface area (Å²) in [7, 11) is 0. The number of nitrogens with two attached hydrogens (primary N) is 1. The quantitative estimate of drug-likeness (QED) is 0.442. The predicted octanol–water partition coefficient (Wildman–Crippen LogP) is 3.14. The number of aryl methyl sites for hydroxylation is 1. The first-order valence-electron chi connectivity index (χ1n) is 7.54. The second kappa shape index (κ2) is 6.01. The van der Waals surface area contributed by atoms with Crippen LogP contribution < -0.4 is 5.84 Å². The molecule has 0 aliphatic heterocycles. The van der Waals surface area contributed by atoms with Crippen LogP contribution in [0.15, 0.2) is 53.7 Å². The van der Waals surface area contributed by atoms with Crippen LogP contribution in [0.3, 0.4) is 0 Å². The van der Waals surface area contributed by atoms with Crippen LogP contribution in [-0.2, 0) is 5.75 Å². The van der Waals surface area contributed by atoms with Gasteiger partial charge in [0.05, 0.1) is 16.8 Å². The number of hydrogen-bond donors (Lipinski definition) is 2. The number of aromatic amines is 1. The summed E-state index contributed by atoms with van der Waals surface area (Å²) < 4.78 is 1.53. The molecular weight excluding hydrogens is 320 g/mol. The Morgan fingerprint density at radius 3 is 2.83 bits per heavy atom. The van der Waals surface area contributed by atoms with Gasteiger partial charge in [-0.05, 0) is 25.1 Å². The highest BCUT2D eigenvalue weighted by atomic mass is 32.2. The van der Waals surface area contributed by atoms with Crippen LogP contribution in [0, 0.1) is 6.92 Å². The third kappa shape index (κ3) is 2.74. The molecular formula is C17H16N6S. The molecule has 24 heavy (non-hydrogen) atoms. The fraction of sp³-hybridized carbons (Fsp3) is 0.118. The van der Waals surface area contributed by atoms with Crippen molar-refractivity contribution in [3.63, 3.8) is 0 Å². The van der Waals surface area contributed by atoms with Gasteiger partial charge in [-0.25, -0.2) is 9.66 Å². The van der Waals surface area contributed by atoms with Crippen molar-refractivity contribution in [1.29, 1.82) is 0 Å². The molecule has 2 aromatic carbocycles. The second-order valence-electron chi connectivity index (χ2n) is 5.53. The highest BCUT2D eigenvalue weighted by Gasteiger charge is 2.13. The number of nitrogens with one attached hydrogen (secondary N) is 1. The molecule has 0 aliphatic rings. The number of rotatable bonds is 4. The molecule has 0 bridgehead atoms. The minimum atomic E-state index is 0.651. The average molecular weight is 336 g/mol. The zero-order chi connectivity index (χ0) is 16.5. The molecule has 4 aromatic rings. The molecule has 0 amide bonds. The van der Waals surface area contributed by atoms with E-state index in [-0.39, 0.29) is 0 Å². The molecule has 7 heteroatoms. The maximum absolute atomic E-state index is 6.16. The van der Waals surface area contributed by atoms with Crippen molar-refractivity contribution in [3.8, 4) is 11.4 Å². The van der Waals surface area contributed by atoms with Crippen LogP contribution in [0.4, 0.5) is 0 Å². The molecule has 0 aliphatic carbocycles. The number of nitrogen functional groups attached to an aromatic ring is 1. The van der Waals surface area contributed by atoms with Crippen molar-refractivity contribution in [2.45, 2.75) is 17.8 Å². The maximum Gasteiger partial charge on any atom is 0.210 e. The second-order valence-corrected chi connectivity index (χ2v) is 6.48. The number of aromatic nitrogens is 5. The van der Waals surface area contributed by atoms with E-state index in [1.54, 1.807) is 0 Å². The molecule has 6 nitrogen and oxygen atoms in total. The standard InChI is InChI=1S/C17H16N6S/c1-11-5-4-6-12(9-11)16-21-22-17(23(16)18)24-10-15-19-13-7-2-3-8-14(13)20-15/h2-9H,10,18H2,1H3,(H,19,20). The van der Waals surface area contributed by atoms with E-state index in [1.165, 1.54) is 16.4 Å². The summed E-state index contributed by atoms with van der Waals surface area (Å²) in [5.74, 6) is 8.36. The van der Waals surface area contributed by atoms with Gasteiger partial charge in [-0.3, -0.25) is 0 Å². The number of hydrogen-bond acceptors (Lipinski definition) is 5. The molecule has 2 heterocycles. The van der Waals surface area contributed by atoms with Crippen molar-refractivity contribution in [2.75, 3.05) is 5.84 Å². The van der Waals surface area contributed by atoms with E-state index < -0.39 is 0 Å². The lowest BCUT2D eigenvalue weighted by molar-refractivity contribution is 0.848. The van der Waals surface area contributed by atoms with E-state index in [4.69, 9.17) is 5.84 Å². The molecule has 0 radical (unpaired) electrons. The molecule has 3 N–H and O–H groups in total. The lowest BCUT2D eigenvalue weighted by Gasteiger charge is -2.03. The molecule has 0 atom stereocenters. The first kappa shape index (κ1) is 14.8. The molecule has 0 unspecified atom stereocenters. The van der Waals surface area contributed by atoms with Crippen molar-refractivity contribution in [3.05, 3.63) is 59.9 Å². The SMILES string of the molecule is Cc1cccc(-c2nnc(SCc3nc4ccccc4[nH]3)n2N)c1. The molecule has 0 spiro atoms. The largest absolute Gasteiger partial charge is 0.341 e. The molecule has 2 aromatic heterocycles. The monoisotopic (exact) mass is 336 g/mol. The minimum absolute atomic E-state index is 0.651. The Kier molecular flexibility index (Phi) is 3.70. The maximum atomic E-state index is 6.16. The lowest BCUT2D eigenvalue weighted by Crippen LogP contribution is -2.11. The van der Waals surface area contributed by atoms with Crippen LogP contribution in [0.1, 0.15) is 11.4 Å². The molecule has 4 rings (SSSR count). The van der Waals surface area contributed by atoms with Crippen LogP contribution in [0.2, 0.25) is 0 Å². The van der Waals surface area contributed by atoms with Crippen LogP contribution in [0.25, 0.3) is 22.4 Å². The Bertz CT molecular complexity index is 970. The number of nitrogens with zero attached hydrogens (tertiary/aromatic N) is 4. The fourth-order valence-corrected chi connectivity index (χ4v) is 3.29. The van der Waals surface area contributed by atoms with Gasteiger partial charge < -0.3 is 10.8 Å². The normalized spacial score (nSPS) is 11.2. The van der Waals surface area contributed by atoms with Crippen molar-refractivity contribution >= 4 is 22.8 Å². The number of H-pyrrole nitrogens is 1. The van der Waals surface area contributed by atoms with Gasteiger partial charge in [0.1, 0.15) is 5.82 Å².